The summed E-state index contributed by atoms with van der Waals surface area (Å²) in [5, 5.41) is 11.7. The van der Waals surface area contributed by atoms with E-state index in [0.29, 0.717) is 31.7 Å². The first-order chi connectivity index (χ1) is 10.3. The minimum absolute atomic E-state index is 0.0285. The number of ether oxygens (including phenoxy) is 1. The molecule has 0 aliphatic carbocycles. The molecule has 2 heterocycles. The second kappa shape index (κ2) is 8.09. The van der Waals surface area contributed by atoms with Crippen molar-refractivity contribution in [2.24, 2.45) is 5.84 Å². The number of nitrogens with zero attached hydrogens (tertiary/aromatic N) is 5. The molecule has 0 aromatic carbocycles. The molecular formula is C11H18N8O2. The number of aliphatic hydroxyl groups is 1. The van der Waals surface area contributed by atoms with Crippen molar-refractivity contribution in [3.8, 4) is 5.95 Å². The molecule has 2 aromatic heterocycles. The second-order valence-electron chi connectivity index (χ2n) is 4.01. The Morgan fingerprint density at radius 1 is 1.24 bits per heavy atom. The summed E-state index contributed by atoms with van der Waals surface area (Å²) in [4.78, 5) is 16.5. The largest absolute Gasteiger partial charge is 0.394 e. The van der Waals surface area contributed by atoms with E-state index in [-0.39, 0.29) is 12.6 Å². The van der Waals surface area contributed by atoms with Gasteiger partial charge in [-0.05, 0) is 6.42 Å². The van der Waals surface area contributed by atoms with Crippen molar-refractivity contribution < 1.29 is 9.84 Å². The van der Waals surface area contributed by atoms with E-state index in [4.69, 9.17) is 15.7 Å². The molecule has 2 aromatic rings. The third-order valence-corrected chi connectivity index (χ3v) is 2.47. The maximum atomic E-state index is 8.59. The zero-order chi connectivity index (χ0) is 14.9. The molecular weight excluding hydrogens is 276 g/mol. The predicted octanol–water partition coefficient (Wildman–Crippen LogP) is -0.846. The normalized spacial score (nSPS) is 10.6. The van der Waals surface area contributed by atoms with Crippen LogP contribution < -0.4 is 16.6 Å². The molecule has 0 saturated carbocycles. The Morgan fingerprint density at radius 2 is 2.10 bits per heavy atom. The van der Waals surface area contributed by atoms with Gasteiger partial charge in [-0.2, -0.15) is 15.0 Å². The number of imidazole rings is 1. The highest BCUT2D eigenvalue weighted by atomic mass is 16.5. The smallest absolute Gasteiger partial charge is 0.243 e. The van der Waals surface area contributed by atoms with Crippen molar-refractivity contribution in [2.45, 2.75) is 6.42 Å². The number of aliphatic hydroxyl groups excluding tert-OH is 1. The Morgan fingerprint density at radius 3 is 2.81 bits per heavy atom. The zero-order valence-electron chi connectivity index (χ0n) is 11.4. The van der Waals surface area contributed by atoms with Crippen LogP contribution in [-0.2, 0) is 4.74 Å². The van der Waals surface area contributed by atoms with Crippen LogP contribution in [0.2, 0.25) is 0 Å². The molecule has 0 radical (unpaired) electrons. The number of aromatic nitrogens is 5. The summed E-state index contributed by atoms with van der Waals surface area (Å²) < 4.78 is 6.81. The number of anilines is 2. The van der Waals surface area contributed by atoms with Gasteiger partial charge in [0.2, 0.25) is 17.8 Å². The lowest BCUT2D eigenvalue weighted by atomic mass is 10.4. The lowest BCUT2D eigenvalue weighted by Crippen LogP contribution is -2.16. The van der Waals surface area contributed by atoms with Crippen molar-refractivity contribution in [3.63, 3.8) is 0 Å². The summed E-state index contributed by atoms with van der Waals surface area (Å²) in [5.41, 5.74) is 2.40. The van der Waals surface area contributed by atoms with Gasteiger partial charge in [0.25, 0.3) is 0 Å². The van der Waals surface area contributed by atoms with Crippen LogP contribution in [-0.4, -0.2) is 56.0 Å². The third-order valence-electron chi connectivity index (χ3n) is 2.47. The van der Waals surface area contributed by atoms with Gasteiger partial charge < -0.3 is 15.2 Å². The van der Waals surface area contributed by atoms with Gasteiger partial charge in [-0.15, -0.1) is 0 Å². The second-order valence-corrected chi connectivity index (χ2v) is 4.01. The van der Waals surface area contributed by atoms with Gasteiger partial charge in [-0.3, -0.25) is 9.99 Å². The van der Waals surface area contributed by atoms with Crippen LogP contribution in [0.5, 0.6) is 0 Å². The van der Waals surface area contributed by atoms with E-state index < -0.39 is 0 Å². The maximum Gasteiger partial charge on any atom is 0.243 e. The van der Waals surface area contributed by atoms with Crippen LogP contribution in [0.25, 0.3) is 5.95 Å². The first-order valence-electron chi connectivity index (χ1n) is 6.47. The van der Waals surface area contributed by atoms with E-state index in [1.165, 1.54) is 0 Å². The molecule has 21 heavy (non-hydrogen) atoms. The zero-order valence-corrected chi connectivity index (χ0v) is 11.4. The first kappa shape index (κ1) is 15.1. The average Bonchev–Trinajstić information content (AvgIpc) is 3.05. The van der Waals surface area contributed by atoms with Gasteiger partial charge in [-0.25, -0.2) is 10.8 Å². The Hall–Kier alpha value is -2.30. The van der Waals surface area contributed by atoms with E-state index in [0.717, 1.165) is 6.42 Å². The molecule has 0 unspecified atom stereocenters. The molecule has 2 rings (SSSR count). The molecule has 0 saturated heterocycles. The number of nitrogens with two attached hydrogens (primary N) is 1. The molecule has 5 N–H and O–H groups in total. The molecule has 0 atom stereocenters. The molecule has 0 amide bonds. The van der Waals surface area contributed by atoms with Crippen LogP contribution >= 0.6 is 0 Å². The molecule has 10 heteroatoms. The topological polar surface area (TPSA) is 136 Å². The summed E-state index contributed by atoms with van der Waals surface area (Å²) >= 11 is 0. The Bertz CT molecular complexity index is 533. The minimum Gasteiger partial charge on any atom is -0.394 e. The summed E-state index contributed by atoms with van der Waals surface area (Å²) in [6.07, 6.45) is 5.70. The molecule has 0 aliphatic rings. The third kappa shape index (κ3) is 4.63. The molecule has 0 aliphatic heterocycles. The molecule has 0 bridgehead atoms. The average molecular weight is 294 g/mol. The van der Waals surface area contributed by atoms with E-state index in [1.54, 1.807) is 23.3 Å². The lowest BCUT2D eigenvalue weighted by molar-refractivity contribution is 0.0921. The Labute approximate surface area is 121 Å². The van der Waals surface area contributed by atoms with E-state index in [9.17, 15) is 0 Å². The molecule has 0 spiro atoms. The van der Waals surface area contributed by atoms with Crippen molar-refractivity contribution in [1.82, 2.24) is 24.5 Å². The summed E-state index contributed by atoms with van der Waals surface area (Å²) in [6.45, 7) is 1.55. The number of rotatable bonds is 9. The van der Waals surface area contributed by atoms with Gasteiger partial charge in [0.1, 0.15) is 6.33 Å². The highest BCUT2D eigenvalue weighted by Crippen LogP contribution is 2.08. The predicted molar refractivity (Wildman–Crippen MR) is 75.8 cm³/mol. The fourth-order valence-electron chi connectivity index (χ4n) is 1.54. The number of hydrogen-bond donors (Lipinski definition) is 4. The minimum atomic E-state index is 0.0285. The van der Waals surface area contributed by atoms with Crippen molar-refractivity contribution in [2.75, 3.05) is 37.1 Å². The van der Waals surface area contributed by atoms with Crippen molar-refractivity contribution in [3.05, 3.63) is 18.7 Å². The van der Waals surface area contributed by atoms with Crippen LogP contribution in [0, 0.1) is 0 Å². The van der Waals surface area contributed by atoms with Crippen LogP contribution in [0.15, 0.2) is 18.7 Å². The van der Waals surface area contributed by atoms with Crippen LogP contribution in [0.1, 0.15) is 6.42 Å². The van der Waals surface area contributed by atoms with Crippen LogP contribution in [0.3, 0.4) is 0 Å². The quantitative estimate of drug-likeness (QED) is 0.265. The van der Waals surface area contributed by atoms with Gasteiger partial charge in [0, 0.05) is 25.5 Å². The van der Waals surface area contributed by atoms with Gasteiger partial charge >= 0.3 is 0 Å². The van der Waals surface area contributed by atoms with Crippen LogP contribution in [0.4, 0.5) is 11.9 Å². The number of nitrogen functional groups attached to an aromatic ring is 1. The van der Waals surface area contributed by atoms with Gasteiger partial charge in [0.15, 0.2) is 0 Å². The van der Waals surface area contributed by atoms with E-state index in [2.05, 4.69) is 30.7 Å². The standard InChI is InChI=1S/C11H18N8O2/c12-18-10-15-9(14-2-1-6-21-7-5-20)16-11(17-10)19-4-3-13-8-19/h3-4,8,20H,1-2,5-7,12H2,(H2,14,15,16,17,18). The maximum absolute atomic E-state index is 8.59. The molecule has 0 fully saturated rings. The summed E-state index contributed by atoms with van der Waals surface area (Å²) in [7, 11) is 0. The Kier molecular flexibility index (Phi) is 5.82. The monoisotopic (exact) mass is 294 g/mol. The summed E-state index contributed by atoms with van der Waals surface area (Å²) in [6, 6.07) is 0. The Balaban J connectivity index is 1.94. The number of hydrazine groups is 1. The molecule has 10 nitrogen and oxygen atoms in total. The van der Waals surface area contributed by atoms with Crippen molar-refractivity contribution >= 4 is 11.9 Å². The first-order valence-corrected chi connectivity index (χ1v) is 6.47. The fourth-order valence-corrected chi connectivity index (χ4v) is 1.54. The summed E-state index contributed by atoms with van der Waals surface area (Å²) in [5.74, 6) is 6.43. The van der Waals surface area contributed by atoms with Crippen molar-refractivity contribution in [1.29, 1.82) is 0 Å². The number of nitrogens with one attached hydrogen (secondary N) is 2. The fraction of sp³-hybridized carbons (Fsp3) is 0.455. The van der Waals surface area contributed by atoms with Gasteiger partial charge in [-0.1, -0.05) is 0 Å². The van der Waals surface area contributed by atoms with Gasteiger partial charge in [0.05, 0.1) is 13.2 Å². The SMILES string of the molecule is NNc1nc(NCCCOCCO)nc(-n2ccnc2)n1. The lowest BCUT2D eigenvalue weighted by Gasteiger charge is -2.08. The number of hydrogen-bond acceptors (Lipinski definition) is 9. The van der Waals surface area contributed by atoms with E-state index in [1.807, 2.05) is 0 Å². The molecule has 114 valence electrons. The highest BCUT2D eigenvalue weighted by Gasteiger charge is 2.06. The van der Waals surface area contributed by atoms with E-state index >= 15 is 0 Å². The highest BCUT2D eigenvalue weighted by molar-refractivity contribution is 5.37.